The van der Waals surface area contributed by atoms with E-state index < -0.39 is 11.5 Å². The fraction of sp³-hybridized carbons (Fsp3) is 0.938. The number of carbonyl (C=O) groups is 1. The minimum atomic E-state index is -0.852. The summed E-state index contributed by atoms with van der Waals surface area (Å²) in [5, 5.41) is 12.5. The molecule has 1 heterocycles. The second-order valence-electron chi connectivity index (χ2n) is 6.39. The normalized spacial score (nSPS) is 29.0. The van der Waals surface area contributed by atoms with E-state index in [9.17, 15) is 9.90 Å². The van der Waals surface area contributed by atoms with Gasteiger partial charge in [-0.05, 0) is 59.4 Å². The van der Waals surface area contributed by atoms with Gasteiger partial charge in [-0.1, -0.05) is 6.92 Å². The van der Waals surface area contributed by atoms with E-state index in [-0.39, 0.29) is 18.3 Å². The first kappa shape index (κ1) is 18.4. The van der Waals surface area contributed by atoms with Crippen molar-refractivity contribution in [3.05, 3.63) is 0 Å². The lowest BCUT2D eigenvalue weighted by Gasteiger charge is -2.32. The number of rotatable bonds is 9. The van der Waals surface area contributed by atoms with Crippen LogP contribution in [-0.4, -0.2) is 48.1 Å². The van der Waals surface area contributed by atoms with E-state index in [1.165, 1.54) is 0 Å². The van der Waals surface area contributed by atoms with E-state index in [1.54, 1.807) is 6.92 Å². The molecular weight excluding hydrogens is 270 g/mol. The molecule has 1 rings (SSSR count). The van der Waals surface area contributed by atoms with Gasteiger partial charge in [0.2, 0.25) is 0 Å². The number of ether oxygens (including phenoxy) is 2. The van der Waals surface area contributed by atoms with Gasteiger partial charge in [-0.15, -0.1) is 0 Å². The van der Waals surface area contributed by atoms with Crippen LogP contribution in [0.4, 0.5) is 0 Å². The Labute approximate surface area is 128 Å². The van der Waals surface area contributed by atoms with Gasteiger partial charge in [0, 0.05) is 6.61 Å². The third-order valence-electron chi connectivity index (χ3n) is 4.07. The first-order valence-corrected chi connectivity index (χ1v) is 8.13. The van der Waals surface area contributed by atoms with Gasteiger partial charge in [-0.25, -0.2) is 0 Å². The van der Waals surface area contributed by atoms with Crippen LogP contribution in [0.25, 0.3) is 0 Å². The molecule has 5 nitrogen and oxygen atoms in total. The standard InChI is InChI=1S/C16H31NO4/c1-5-8-17-16(4,15(18)19)7-6-9-20-14-10-12(2)21-13(3)11-14/h12-14,17H,5-11H2,1-4H3,(H,18,19). The Morgan fingerprint density at radius 2 is 2.00 bits per heavy atom. The van der Waals surface area contributed by atoms with E-state index in [4.69, 9.17) is 9.47 Å². The molecule has 1 aliphatic heterocycles. The van der Waals surface area contributed by atoms with Crippen molar-refractivity contribution in [3.8, 4) is 0 Å². The van der Waals surface area contributed by atoms with Gasteiger partial charge in [0.1, 0.15) is 5.54 Å². The van der Waals surface area contributed by atoms with Crippen molar-refractivity contribution in [2.24, 2.45) is 0 Å². The van der Waals surface area contributed by atoms with Crippen molar-refractivity contribution in [1.29, 1.82) is 0 Å². The van der Waals surface area contributed by atoms with Gasteiger partial charge in [-0.2, -0.15) is 0 Å². The fourth-order valence-corrected chi connectivity index (χ4v) is 2.83. The zero-order valence-electron chi connectivity index (χ0n) is 13.9. The summed E-state index contributed by atoms with van der Waals surface area (Å²) >= 11 is 0. The van der Waals surface area contributed by atoms with Crippen LogP contribution in [0.5, 0.6) is 0 Å². The molecule has 3 atom stereocenters. The highest BCUT2D eigenvalue weighted by Crippen LogP contribution is 2.22. The van der Waals surface area contributed by atoms with Crippen molar-refractivity contribution in [1.82, 2.24) is 5.32 Å². The van der Waals surface area contributed by atoms with Crippen LogP contribution in [0, 0.1) is 0 Å². The van der Waals surface area contributed by atoms with Crippen molar-refractivity contribution in [3.63, 3.8) is 0 Å². The Kier molecular flexibility index (Phi) is 7.63. The molecule has 0 saturated carbocycles. The number of aliphatic carboxylic acids is 1. The molecule has 1 aliphatic rings. The second-order valence-corrected chi connectivity index (χ2v) is 6.39. The quantitative estimate of drug-likeness (QED) is 0.641. The second kappa shape index (κ2) is 8.71. The van der Waals surface area contributed by atoms with Crippen LogP contribution in [0.3, 0.4) is 0 Å². The lowest BCUT2D eigenvalue weighted by Crippen LogP contribution is -2.49. The summed E-state index contributed by atoms with van der Waals surface area (Å²) in [5.41, 5.74) is -0.852. The number of hydrogen-bond donors (Lipinski definition) is 2. The largest absolute Gasteiger partial charge is 0.480 e. The third kappa shape index (κ3) is 6.32. The smallest absolute Gasteiger partial charge is 0.323 e. The lowest BCUT2D eigenvalue weighted by atomic mass is 9.96. The Hall–Kier alpha value is -0.650. The van der Waals surface area contributed by atoms with Crippen LogP contribution < -0.4 is 5.32 Å². The molecule has 0 aliphatic carbocycles. The topological polar surface area (TPSA) is 67.8 Å². The molecule has 21 heavy (non-hydrogen) atoms. The van der Waals surface area contributed by atoms with Gasteiger partial charge in [0.15, 0.2) is 0 Å². The maximum atomic E-state index is 11.4. The molecule has 0 spiro atoms. The summed E-state index contributed by atoms with van der Waals surface area (Å²) in [6, 6.07) is 0. The van der Waals surface area contributed by atoms with Gasteiger partial charge < -0.3 is 19.9 Å². The summed E-state index contributed by atoms with van der Waals surface area (Å²) in [4.78, 5) is 11.4. The van der Waals surface area contributed by atoms with Crippen molar-refractivity contribution < 1.29 is 19.4 Å². The number of hydrogen-bond acceptors (Lipinski definition) is 4. The summed E-state index contributed by atoms with van der Waals surface area (Å²) < 4.78 is 11.6. The minimum absolute atomic E-state index is 0.239. The third-order valence-corrected chi connectivity index (χ3v) is 4.07. The summed E-state index contributed by atoms with van der Waals surface area (Å²) in [5.74, 6) is -0.788. The van der Waals surface area contributed by atoms with Crippen LogP contribution >= 0.6 is 0 Å². The van der Waals surface area contributed by atoms with Crippen LogP contribution in [0.15, 0.2) is 0 Å². The molecule has 124 valence electrons. The van der Waals surface area contributed by atoms with Crippen LogP contribution in [-0.2, 0) is 14.3 Å². The molecule has 1 saturated heterocycles. The van der Waals surface area contributed by atoms with Crippen molar-refractivity contribution >= 4 is 5.97 Å². The number of carboxylic acid groups (broad SMARTS) is 1. The molecule has 0 aromatic carbocycles. The zero-order valence-corrected chi connectivity index (χ0v) is 13.9. The molecule has 1 fully saturated rings. The number of nitrogens with one attached hydrogen (secondary N) is 1. The molecule has 0 radical (unpaired) electrons. The molecule has 3 unspecified atom stereocenters. The Morgan fingerprint density at radius 3 is 2.52 bits per heavy atom. The maximum absolute atomic E-state index is 11.4. The first-order valence-electron chi connectivity index (χ1n) is 8.13. The van der Waals surface area contributed by atoms with Crippen LogP contribution in [0.1, 0.15) is 59.8 Å². The fourth-order valence-electron chi connectivity index (χ4n) is 2.83. The Balaban J connectivity index is 2.29. The predicted octanol–water partition coefficient (Wildman–Crippen LogP) is 2.58. The first-order chi connectivity index (χ1) is 9.87. The van der Waals surface area contributed by atoms with Crippen LogP contribution in [0.2, 0.25) is 0 Å². The summed E-state index contributed by atoms with van der Waals surface area (Å²) in [6.45, 7) is 9.26. The Bertz CT molecular complexity index is 313. The molecular formula is C16H31NO4. The van der Waals surface area contributed by atoms with Crippen molar-refractivity contribution in [2.75, 3.05) is 13.2 Å². The lowest BCUT2D eigenvalue weighted by molar-refractivity contribution is -0.144. The highest BCUT2D eigenvalue weighted by atomic mass is 16.5. The average Bonchev–Trinajstić information content (AvgIpc) is 2.40. The van der Waals surface area contributed by atoms with Gasteiger partial charge in [0.25, 0.3) is 0 Å². The van der Waals surface area contributed by atoms with E-state index in [2.05, 4.69) is 19.2 Å². The monoisotopic (exact) mass is 301 g/mol. The van der Waals surface area contributed by atoms with E-state index in [0.717, 1.165) is 32.2 Å². The SMILES string of the molecule is CCCNC(C)(CCCOC1CC(C)OC(C)C1)C(=O)O. The van der Waals surface area contributed by atoms with E-state index >= 15 is 0 Å². The van der Waals surface area contributed by atoms with E-state index in [1.807, 2.05) is 6.92 Å². The zero-order chi connectivity index (χ0) is 15.9. The summed E-state index contributed by atoms with van der Waals surface area (Å²) in [7, 11) is 0. The number of carboxylic acids is 1. The molecule has 0 bridgehead atoms. The molecule has 2 N–H and O–H groups in total. The van der Waals surface area contributed by atoms with Crippen molar-refractivity contribution in [2.45, 2.75) is 83.6 Å². The molecule has 0 amide bonds. The van der Waals surface area contributed by atoms with E-state index in [0.29, 0.717) is 13.0 Å². The highest BCUT2D eigenvalue weighted by Gasteiger charge is 2.32. The molecule has 5 heteroatoms. The Morgan fingerprint density at radius 1 is 1.38 bits per heavy atom. The summed E-state index contributed by atoms with van der Waals surface area (Å²) in [6.07, 6.45) is 4.84. The van der Waals surface area contributed by atoms with Gasteiger partial charge in [0.05, 0.1) is 18.3 Å². The average molecular weight is 301 g/mol. The molecule has 0 aromatic rings. The minimum Gasteiger partial charge on any atom is -0.480 e. The van der Waals surface area contributed by atoms with Gasteiger partial charge >= 0.3 is 5.97 Å². The van der Waals surface area contributed by atoms with Gasteiger partial charge in [-0.3, -0.25) is 4.79 Å². The maximum Gasteiger partial charge on any atom is 0.323 e. The molecule has 0 aromatic heterocycles. The predicted molar refractivity (Wildman–Crippen MR) is 82.6 cm³/mol. The highest BCUT2D eigenvalue weighted by molar-refractivity contribution is 5.78.